The summed E-state index contributed by atoms with van der Waals surface area (Å²) < 4.78 is 0. The number of benzene rings is 2. The maximum absolute atomic E-state index is 9.13. The van der Waals surface area contributed by atoms with Crippen LogP contribution in [-0.2, 0) is 6.42 Å². The molecule has 0 spiro atoms. The van der Waals surface area contributed by atoms with Gasteiger partial charge in [-0.25, -0.2) is 0 Å². The van der Waals surface area contributed by atoms with Crippen LogP contribution in [0.15, 0.2) is 54.6 Å². The van der Waals surface area contributed by atoms with Crippen molar-refractivity contribution in [3.8, 4) is 6.07 Å². The van der Waals surface area contributed by atoms with Gasteiger partial charge in [-0.2, -0.15) is 20.2 Å². The van der Waals surface area contributed by atoms with Gasteiger partial charge in [0.05, 0.1) is 0 Å². The zero-order valence-corrected chi connectivity index (χ0v) is 13.9. The molecule has 6 nitrogen and oxygen atoms in total. The lowest BCUT2D eigenvalue weighted by Crippen LogP contribution is -2.11. The van der Waals surface area contributed by atoms with Crippen LogP contribution >= 0.6 is 0 Å². The van der Waals surface area contributed by atoms with Crippen molar-refractivity contribution in [1.82, 2.24) is 15.0 Å². The molecule has 0 fully saturated rings. The molecule has 0 saturated carbocycles. The van der Waals surface area contributed by atoms with Crippen LogP contribution in [0.3, 0.4) is 0 Å². The second-order valence-electron chi connectivity index (χ2n) is 5.57. The second kappa shape index (κ2) is 7.88. The third kappa shape index (κ3) is 4.75. The average molecular weight is 330 g/mol. The lowest BCUT2D eigenvalue weighted by atomic mass is 10.1. The van der Waals surface area contributed by atoms with Gasteiger partial charge in [-0.3, -0.25) is 0 Å². The number of nitriles is 1. The maximum atomic E-state index is 9.13. The summed E-state index contributed by atoms with van der Waals surface area (Å²) in [6, 6.07) is 19.9. The van der Waals surface area contributed by atoms with Gasteiger partial charge < -0.3 is 10.6 Å². The van der Waals surface area contributed by atoms with E-state index in [0.29, 0.717) is 18.4 Å². The molecule has 0 aliphatic heterocycles. The maximum Gasteiger partial charge on any atom is 0.238 e. The number of nitrogens with zero attached hydrogens (tertiary/aromatic N) is 4. The molecule has 3 aromatic rings. The van der Waals surface area contributed by atoms with E-state index in [4.69, 9.17) is 5.26 Å². The number of aryl methyl sites for hydroxylation is 1. The Labute approximate surface area is 146 Å². The molecule has 0 aliphatic rings. The SMILES string of the molecule is Cc1cccc(CCNc2nc(C#N)nc(Nc3ccccc3)n2)c1. The molecule has 6 heteroatoms. The van der Waals surface area contributed by atoms with Crippen LogP contribution in [0.2, 0.25) is 0 Å². The van der Waals surface area contributed by atoms with Crippen LogP contribution in [0.25, 0.3) is 0 Å². The van der Waals surface area contributed by atoms with Crippen LogP contribution in [0.5, 0.6) is 0 Å². The largest absolute Gasteiger partial charge is 0.354 e. The summed E-state index contributed by atoms with van der Waals surface area (Å²) >= 11 is 0. The Morgan fingerprint density at radius 2 is 1.76 bits per heavy atom. The number of nitrogens with one attached hydrogen (secondary N) is 2. The number of rotatable bonds is 6. The first-order chi connectivity index (χ1) is 12.2. The second-order valence-corrected chi connectivity index (χ2v) is 5.57. The highest BCUT2D eigenvalue weighted by molar-refractivity contribution is 5.54. The zero-order chi connectivity index (χ0) is 17.5. The molecule has 0 atom stereocenters. The van der Waals surface area contributed by atoms with Gasteiger partial charge >= 0.3 is 0 Å². The number of hydrogen-bond donors (Lipinski definition) is 2. The summed E-state index contributed by atoms with van der Waals surface area (Å²) in [4.78, 5) is 12.5. The normalized spacial score (nSPS) is 10.1. The first-order valence-corrected chi connectivity index (χ1v) is 8.00. The lowest BCUT2D eigenvalue weighted by molar-refractivity contribution is 0.954. The van der Waals surface area contributed by atoms with Gasteiger partial charge in [0, 0.05) is 12.2 Å². The lowest BCUT2D eigenvalue weighted by Gasteiger charge is -2.08. The van der Waals surface area contributed by atoms with Crippen LogP contribution in [0.4, 0.5) is 17.6 Å². The standard InChI is InChI=1S/C19H18N6/c1-14-6-5-7-15(12-14)10-11-21-18-23-17(13-20)24-19(25-18)22-16-8-3-2-4-9-16/h2-9,12H,10-11H2,1H3,(H2,21,22,23,24,25). The van der Waals surface area contributed by atoms with Crippen molar-refractivity contribution in [2.75, 3.05) is 17.2 Å². The van der Waals surface area contributed by atoms with E-state index in [0.717, 1.165) is 12.1 Å². The third-order valence-electron chi connectivity index (χ3n) is 3.54. The smallest absolute Gasteiger partial charge is 0.238 e. The predicted molar refractivity (Wildman–Crippen MR) is 97.6 cm³/mol. The van der Waals surface area contributed by atoms with E-state index in [1.165, 1.54) is 11.1 Å². The molecule has 0 aliphatic carbocycles. The first-order valence-electron chi connectivity index (χ1n) is 8.00. The minimum Gasteiger partial charge on any atom is -0.354 e. The van der Waals surface area contributed by atoms with Gasteiger partial charge in [0.2, 0.25) is 17.7 Å². The molecule has 25 heavy (non-hydrogen) atoms. The number of para-hydroxylation sites is 1. The summed E-state index contributed by atoms with van der Waals surface area (Å²) in [5, 5.41) is 15.4. The Morgan fingerprint density at radius 1 is 0.960 bits per heavy atom. The minimum absolute atomic E-state index is 0.0755. The molecule has 3 rings (SSSR count). The highest BCUT2D eigenvalue weighted by Crippen LogP contribution is 2.13. The van der Waals surface area contributed by atoms with Gasteiger partial charge in [0.15, 0.2) is 0 Å². The van der Waals surface area contributed by atoms with Gasteiger partial charge in [0.25, 0.3) is 0 Å². The van der Waals surface area contributed by atoms with Crippen LogP contribution in [-0.4, -0.2) is 21.5 Å². The van der Waals surface area contributed by atoms with Crippen LogP contribution in [0, 0.1) is 18.3 Å². The zero-order valence-electron chi connectivity index (χ0n) is 13.9. The van der Waals surface area contributed by atoms with Crippen molar-refractivity contribution in [3.63, 3.8) is 0 Å². The molecule has 0 unspecified atom stereocenters. The minimum atomic E-state index is 0.0755. The monoisotopic (exact) mass is 330 g/mol. The van der Waals surface area contributed by atoms with E-state index in [2.05, 4.69) is 50.7 Å². The van der Waals surface area contributed by atoms with Gasteiger partial charge in [0.1, 0.15) is 6.07 Å². The Hall–Kier alpha value is -3.46. The first kappa shape index (κ1) is 16.4. The van der Waals surface area contributed by atoms with Gasteiger partial charge in [-0.15, -0.1) is 0 Å². The molecular formula is C19H18N6. The highest BCUT2D eigenvalue weighted by Gasteiger charge is 2.06. The fourth-order valence-corrected chi connectivity index (χ4v) is 2.40. The average Bonchev–Trinajstić information content (AvgIpc) is 2.62. The van der Waals surface area contributed by atoms with E-state index < -0.39 is 0 Å². The quantitative estimate of drug-likeness (QED) is 0.720. The van der Waals surface area contributed by atoms with Gasteiger partial charge in [-0.1, -0.05) is 48.0 Å². The molecule has 1 aromatic heterocycles. The summed E-state index contributed by atoms with van der Waals surface area (Å²) in [6.07, 6.45) is 0.844. The summed E-state index contributed by atoms with van der Waals surface area (Å²) in [5.74, 6) is 0.805. The fraction of sp³-hybridized carbons (Fsp3) is 0.158. The van der Waals surface area contributed by atoms with E-state index >= 15 is 0 Å². The molecule has 2 aromatic carbocycles. The molecule has 0 bridgehead atoms. The Kier molecular flexibility index (Phi) is 5.17. The van der Waals surface area contributed by atoms with E-state index in [9.17, 15) is 0 Å². The molecule has 0 radical (unpaired) electrons. The van der Waals surface area contributed by atoms with Crippen molar-refractivity contribution in [3.05, 3.63) is 71.5 Å². The Morgan fingerprint density at radius 3 is 2.52 bits per heavy atom. The fourth-order valence-electron chi connectivity index (χ4n) is 2.40. The number of hydrogen-bond acceptors (Lipinski definition) is 6. The summed E-state index contributed by atoms with van der Waals surface area (Å²) in [7, 11) is 0. The third-order valence-corrected chi connectivity index (χ3v) is 3.54. The Balaban J connectivity index is 1.68. The molecule has 1 heterocycles. The van der Waals surface area contributed by atoms with E-state index in [1.807, 2.05) is 42.5 Å². The van der Waals surface area contributed by atoms with E-state index in [1.54, 1.807) is 0 Å². The highest BCUT2D eigenvalue weighted by atomic mass is 15.2. The molecular weight excluding hydrogens is 312 g/mol. The van der Waals surface area contributed by atoms with Gasteiger partial charge in [-0.05, 0) is 31.0 Å². The van der Waals surface area contributed by atoms with Crippen LogP contribution in [0.1, 0.15) is 17.0 Å². The van der Waals surface area contributed by atoms with E-state index in [-0.39, 0.29) is 5.82 Å². The van der Waals surface area contributed by atoms with Crippen molar-refractivity contribution < 1.29 is 0 Å². The number of aromatic nitrogens is 3. The summed E-state index contributed by atoms with van der Waals surface area (Å²) in [6.45, 7) is 2.74. The van der Waals surface area contributed by atoms with Crippen molar-refractivity contribution >= 4 is 17.6 Å². The Bertz CT molecular complexity index is 886. The molecule has 2 N–H and O–H groups in total. The van der Waals surface area contributed by atoms with Crippen molar-refractivity contribution in [2.45, 2.75) is 13.3 Å². The summed E-state index contributed by atoms with van der Waals surface area (Å²) in [5.41, 5.74) is 3.33. The van der Waals surface area contributed by atoms with Crippen molar-refractivity contribution in [2.24, 2.45) is 0 Å². The van der Waals surface area contributed by atoms with Crippen LogP contribution < -0.4 is 10.6 Å². The number of anilines is 3. The molecule has 0 amide bonds. The molecule has 0 saturated heterocycles. The molecule has 124 valence electrons. The predicted octanol–water partition coefficient (Wildman–Crippen LogP) is 3.45. The topological polar surface area (TPSA) is 86.5 Å². The van der Waals surface area contributed by atoms with Crippen molar-refractivity contribution in [1.29, 1.82) is 5.26 Å².